The number of hydrogen-bond donors (Lipinski definition) is 1. The van der Waals surface area contributed by atoms with Crippen LogP contribution < -0.4 is 10.1 Å². The molecule has 0 aliphatic heterocycles. The molecule has 0 aliphatic rings. The Labute approximate surface area is 114 Å². The lowest BCUT2D eigenvalue weighted by Gasteiger charge is -2.12. The molecule has 20 heavy (non-hydrogen) atoms. The van der Waals surface area contributed by atoms with E-state index in [-0.39, 0.29) is 17.0 Å². The first-order chi connectivity index (χ1) is 9.40. The van der Waals surface area contributed by atoms with Crippen LogP contribution in [0.3, 0.4) is 0 Å². The third-order valence-electron chi connectivity index (χ3n) is 2.54. The van der Waals surface area contributed by atoms with E-state index < -0.39 is 22.8 Å². The minimum absolute atomic E-state index is 0.0339. The number of nitrogens with one attached hydrogen (secondary N) is 1. The molecule has 0 aliphatic carbocycles. The first kappa shape index (κ1) is 15.4. The quantitative estimate of drug-likeness (QED) is 0.488. The van der Waals surface area contributed by atoms with Gasteiger partial charge in [-0.3, -0.25) is 14.9 Å². The number of benzene rings is 1. The second-order valence-electron chi connectivity index (χ2n) is 3.86. The van der Waals surface area contributed by atoms with Crippen molar-refractivity contribution in [2.75, 3.05) is 14.2 Å². The molecule has 1 aromatic carbocycles. The molecule has 1 N–H and O–H groups in total. The third-order valence-corrected chi connectivity index (χ3v) is 2.54. The van der Waals surface area contributed by atoms with Crippen molar-refractivity contribution in [1.29, 1.82) is 0 Å². The lowest BCUT2D eigenvalue weighted by atomic mass is 10.1. The number of esters is 1. The minimum Gasteiger partial charge on any atom is -0.490 e. The lowest BCUT2D eigenvalue weighted by molar-refractivity contribution is -0.385. The number of methoxy groups -OCH3 is 2. The predicted molar refractivity (Wildman–Crippen MR) is 68.6 cm³/mol. The maximum atomic E-state index is 11.9. The summed E-state index contributed by atoms with van der Waals surface area (Å²) in [5.74, 6) is -1.18. The Hall–Kier alpha value is -2.64. The standard InChI is InChI=1S/C12H14N2O6/c1-7(12(16)20-3)13-11(15)8-4-5-9(14(17)18)10(6-8)19-2/h4-7H,1-3H3,(H,13,15). The number of ether oxygens (including phenoxy) is 2. The van der Waals surface area contributed by atoms with Crippen LogP contribution in [0.4, 0.5) is 5.69 Å². The van der Waals surface area contributed by atoms with Gasteiger partial charge in [0.1, 0.15) is 6.04 Å². The summed E-state index contributed by atoms with van der Waals surface area (Å²) in [6.45, 7) is 1.46. The summed E-state index contributed by atoms with van der Waals surface area (Å²) in [6.07, 6.45) is 0. The summed E-state index contributed by atoms with van der Waals surface area (Å²) in [5.41, 5.74) is -0.103. The molecule has 108 valence electrons. The van der Waals surface area contributed by atoms with E-state index in [0.29, 0.717) is 0 Å². The second kappa shape index (κ2) is 6.50. The summed E-state index contributed by atoms with van der Waals surface area (Å²) in [6, 6.07) is 2.85. The van der Waals surface area contributed by atoms with Crippen LogP contribution in [0.15, 0.2) is 18.2 Å². The molecule has 8 heteroatoms. The monoisotopic (exact) mass is 282 g/mol. The molecule has 0 heterocycles. The average molecular weight is 282 g/mol. The SMILES string of the molecule is COC(=O)C(C)NC(=O)c1ccc([N+](=O)[O-])c(OC)c1. The van der Waals surface area contributed by atoms with Crippen molar-refractivity contribution in [3.05, 3.63) is 33.9 Å². The number of hydrogen-bond acceptors (Lipinski definition) is 6. The molecule has 0 saturated heterocycles. The maximum Gasteiger partial charge on any atom is 0.328 e. The fraction of sp³-hybridized carbons (Fsp3) is 0.333. The molecule has 1 unspecified atom stereocenters. The van der Waals surface area contributed by atoms with Crippen LogP contribution in [0.5, 0.6) is 5.75 Å². The van der Waals surface area contributed by atoms with Crippen molar-refractivity contribution < 1.29 is 24.0 Å². The maximum absolute atomic E-state index is 11.9. The summed E-state index contributed by atoms with van der Waals surface area (Å²) in [5, 5.41) is 13.1. The Kier molecular flexibility index (Phi) is 5.01. The summed E-state index contributed by atoms with van der Waals surface area (Å²) in [4.78, 5) is 33.2. The number of carbonyl (C=O) groups is 2. The van der Waals surface area contributed by atoms with Gasteiger partial charge in [0.2, 0.25) is 0 Å². The van der Waals surface area contributed by atoms with E-state index in [4.69, 9.17) is 4.74 Å². The van der Waals surface area contributed by atoms with Crippen molar-refractivity contribution in [1.82, 2.24) is 5.32 Å². The van der Waals surface area contributed by atoms with Gasteiger partial charge in [0.05, 0.1) is 19.1 Å². The highest BCUT2D eigenvalue weighted by molar-refractivity contribution is 5.97. The smallest absolute Gasteiger partial charge is 0.328 e. The van der Waals surface area contributed by atoms with E-state index in [1.807, 2.05) is 0 Å². The molecule has 8 nitrogen and oxygen atoms in total. The molecule has 0 aromatic heterocycles. The molecular weight excluding hydrogens is 268 g/mol. The van der Waals surface area contributed by atoms with Crippen LogP contribution in [-0.2, 0) is 9.53 Å². The Morgan fingerprint density at radius 1 is 1.35 bits per heavy atom. The molecule has 1 amide bonds. The summed E-state index contributed by atoms with van der Waals surface area (Å²) >= 11 is 0. The van der Waals surface area contributed by atoms with Gasteiger partial charge in [-0.05, 0) is 13.0 Å². The normalized spacial score (nSPS) is 11.3. The van der Waals surface area contributed by atoms with E-state index in [9.17, 15) is 19.7 Å². The van der Waals surface area contributed by atoms with Crippen molar-refractivity contribution in [2.24, 2.45) is 0 Å². The summed E-state index contributed by atoms with van der Waals surface area (Å²) in [7, 11) is 2.47. The number of nitro benzene ring substituents is 1. The predicted octanol–water partition coefficient (Wildman–Crippen LogP) is 0.895. The van der Waals surface area contributed by atoms with Gasteiger partial charge >= 0.3 is 11.7 Å². The number of amides is 1. The zero-order chi connectivity index (χ0) is 15.3. The fourth-order valence-corrected chi connectivity index (χ4v) is 1.49. The van der Waals surface area contributed by atoms with Gasteiger partial charge in [-0.15, -0.1) is 0 Å². The zero-order valence-electron chi connectivity index (χ0n) is 11.2. The van der Waals surface area contributed by atoms with Gasteiger partial charge in [-0.1, -0.05) is 0 Å². The Balaban J connectivity index is 2.94. The topological polar surface area (TPSA) is 108 Å². The first-order valence-corrected chi connectivity index (χ1v) is 5.61. The fourth-order valence-electron chi connectivity index (χ4n) is 1.49. The van der Waals surface area contributed by atoms with E-state index in [2.05, 4.69) is 10.1 Å². The molecule has 0 saturated carbocycles. The molecule has 0 radical (unpaired) electrons. The Morgan fingerprint density at radius 2 is 2.00 bits per heavy atom. The van der Waals surface area contributed by atoms with Crippen LogP contribution in [0.25, 0.3) is 0 Å². The van der Waals surface area contributed by atoms with Crippen LogP contribution in [0.2, 0.25) is 0 Å². The average Bonchev–Trinajstić information content (AvgIpc) is 2.45. The van der Waals surface area contributed by atoms with Crippen LogP contribution in [0, 0.1) is 10.1 Å². The van der Waals surface area contributed by atoms with Gasteiger partial charge in [-0.2, -0.15) is 0 Å². The highest BCUT2D eigenvalue weighted by atomic mass is 16.6. The van der Waals surface area contributed by atoms with Crippen molar-refractivity contribution >= 4 is 17.6 Å². The van der Waals surface area contributed by atoms with Crippen molar-refractivity contribution in [3.63, 3.8) is 0 Å². The third kappa shape index (κ3) is 3.44. The Bertz CT molecular complexity index is 543. The first-order valence-electron chi connectivity index (χ1n) is 5.61. The van der Waals surface area contributed by atoms with Crippen molar-refractivity contribution in [2.45, 2.75) is 13.0 Å². The molecule has 1 atom stereocenters. The molecule has 1 aromatic rings. The number of nitro groups is 1. The van der Waals surface area contributed by atoms with Crippen LogP contribution in [-0.4, -0.2) is 37.1 Å². The highest BCUT2D eigenvalue weighted by Crippen LogP contribution is 2.27. The van der Waals surface area contributed by atoms with Crippen LogP contribution >= 0.6 is 0 Å². The van der Waals surface area contributed by atoms with Crippen molar-refractivity contribution in [3.8, 4) is 5.75 Å². The van der Waals surface area contributed by atoms with Gasteiger partial charge in [0, 0.05) is 17.7 Å². The van der Waals surface area contributed by atoms with E-state index in [0.717, 1.165) is 6.07 Å². The van der Waals surface area contributed by atoms with E-state index in [1.165, 1.54) is 33.3 Å². The number of rotatable bonds is 5. The molecule has 0 spiro atoms. The number of nitrogens with zero attached hydrogens (tertiary/aromatic N) is 1. The largest absolute Gasteiger partial charge is 0.490 e. The second-order valence-corrected chi connectivity index (χ2v) is 3.86. The molecular formula is C12H14N2O6. The lowest BCUT2D eigenvalue weighted by Crippen LogP contribution is -2.39. The highest BCUT2D eigenvalue weighted by Gasteiger charge is 2.20. The van der Waals surface area contributed by atoms with Gasteiger partial charge in [0.15, 0.2) is 5.75 Å². The van der Waals surface area contributed by atoms with Crippen LogP contribution in [0.1, 0.15) is 17.3 Å². The van der Waals surface area contributed by atoms with E-state index >= 15 is 0 Å². The van der Waals surface area contributed by atoms with Gasteiger partial charge in [-0.25, -0.2) is 4.79 Å². The van der Waals surface area contributed by atoms with Gasteiger partial charge in [0.25, 0.3) is 5.91 Å². The number of carbonyl (C=O) groups excluding carboxylic acids is 2. The molecule has 1 rings (SSSR count). The van der Waals surface area contributed by atoms with E-state index in [1.54, 1.807) is 0 Å². The molecule has 0 bridgehead atoms. The summed E-state index contributed by atoms with van der Waals surface area (Å²) < 4.78 is 9.33. The minimum atomic E-state index is -0.825. The Morgan fingerprint density at radius 3 is 2.50 bits per heavy atom. The van der Waals surface area contributed by atoms with Gasteiger partial charge < -0.3 is 14.8 Å². The molecule has 0 fully saturated rings. The zero-order valence-corrected chi connectivity index (χ0v) is 11.2.